The molecule has 0 N–H and O–H groups in total. The molecule has 3 aromatic heterocycles. The number of aromatic nitrogens is 4. The molecule has 3 fully saturated rings. The lowest BCUT2D eigenvalue weighted by Gasteiger charge is -2.44. The standard InChI is InChI=1S/C18H18FN5S/c19-18-4-1-13(9-20-18)16-2-3-17(25-16)14-10-24(22-21-14)15-11-23-7-5-12(15)6-8-23/h1-4,9-10,12,15H,5-8,11H2/t15-/m0/s1/i19-1. The van der Waals surface area contributed by atoms with Gasteiger partial charge in [0.05, 0.1) is 17.1 Å². The van der Waals surface area contributed by atoms with Crippen molar-refractivity contribution in [1.82, 2.24) is 24.9 Å². The second-order valence-corrected chi connectivity index (χ2v) is 7.91. The molecule has 0 amide bonds. The van der Waals surface area contributed by atoms with E-state index in [1.165, 1.54) is 32.0 Å². The summed E-state index contributed by atoms with van der Waals surface area (Å²) >= 11 is 1.63. The summed E-state index contributed by atoms with van der Waals surface area (Å²) in [5.74, 6) is 0.268. The van der Waals surface area contributed by atoms with Gasteiger partial charge in [0.15, 0.2) is 0 Å². The van der Waals surface area contributed by atoms with Crippen molar-refractivity contribution >= 4 is 11.3 Å². The zero-order valence-corrected chi connectivity index (χ0v) is 14.5. The predicted molar refractivity (Wildman–Crippen MR) is 94.7 cm³/mol. The van der Waals surface area contributed by atoms with Crippen molar-refractivity contribution in [3.63, 3.8) is 0 Å². The summed E-state index contributed by atoms with van der Waals surface area (Å²) in [7, 11) is 0. The van der Waals surface area contributed by atoms with Gasteiger partial charge >= 0.3 is 0 Å². The summed E-state index contributed by atoms with van der Waals surface area (Å²) in [5.41, 5.74) is 1.82. The lowest BCUT2D eigenvalue weighted by atomic mass is 9.84. The maximum atomic E-state index is 13.0. The minimum atomic E-state index is -0.457. The van der Waals surface area contributed by atoms with Crippen molar-refractivity contribution in [3.05, 3.63) is 42.6 Å². The largest absolute Gasteiger partial charge is 0.301 e. The number of pyridine rings is 1. The summed E-state index contributed by atoms with van der Waals surface area (Å²) in [6, 6.07) is 7.67. The van der Waals surface area contributed by atoms with Crippen LogP contribution in [0.5, 0.6) is 0 Å². The maximum absolute atomic E-state index is 13.0. The van der Waals surface area contributed by atoms with Crippen LogP contribution in [0.2, 0.25) is 0 Å². The van der Waals surface area contributed by atoms with Crippen LogP contribution in [0.4, 0.5) is 4.39 Å². The van der Waals surface area contributed by atoms with Gasteiger partial charge in [0.25, 0.3) is 0 Å². The molecular weight excluding hydrogens is 336 g/mol. The fourth-order valence-electron chi connectivity index (χ4n) is 3.94. The summed E-state index contributed by atoms with van der Waals surface area (Å²) in [6.45, 7) is 3.54. The molecule has 0 saturated carbocycles. The first kappa shape index (κ1) is 15.2. The highest BCUT2D eigenvalue weighted by atomic mass is 32.1. The molecule has 0 spiro atoms. The van der Waals surface area contributed by atoms with Crippen LogP contribution in [-0.4, -0.2) is 44.5 Å². The molecule has 3 aromatic rings. The van der Waals surface area contributed by atoms with E-state index in [0.29, 0.717) is 6.04 Å². The van der Waals surface area contributed by atoms with Crippen LogP contribution >= 0.6 is 11.3 Å². The Morgan fingerprint density at radius 1 is 1.08 bits per heavy atom. The van der Waals surface area contributed by atoms with Crippen LogP contribution in [-0.2, 0) is 0 Å². The molecule has 0 aromatic carbocycles. The fraction of sp³-hybridized carbons (Fsp3) is 0.389. The van der Waals surface area contributed by atoms with Crippen LogP contribution in [0.1, 0.15) is 18.9 Å². The molecule has 3 aliphatic rings. The third-order valence-corrected chi connectivity index (χ3v) is 6.50. The molecule has 0 unspecified atom stereocenters. The Balaban J connectivity index is 1.40. The van der Waals surface area contributed by atoms with E-state index in [0.717, 1.165) is 33.5 Å². The number of rotatable bonds is 3. The maximum Gasteiger partial charge on any atom is 0.212 e. The normalized spacial score (nSPS) is 25.4. The minimum absolute atomic E-state index is 0.449. The minimum Gasteiger partial charge on any atom is -0.301 e. The van der Waals surface area contributed by atoms with Crippen LogP contribution in [0, 0.1) is 11.9 Å². The van der Waals surface area contributed by atoms with E-state index in [9.17, 15) is 4.39 Å². The molecule has 5 nitrogen and oxygen atoms in total. The first-order valence-electron chi connectivity index (χ1n) is 8.62. The third kappa shape index (κ3) is 2.77. The van der Waals surface area contributed by atoms with Crippen molar-refractivity contribution in [3.8, 4) is 21.0 Å². The second kappa shape index (κ2) is 6.00. The summed E-state index contributed by atoms with van der Waals surface area (Å²) in [6.07, 6.45) is 6.17. The summed E-state index contributed by atoms with van der Waals surface area (Å²) in [5, 5.41) is 8.81. The molecule has 25 heavy (non-hydrogen) atoms. The van der Waals surface area contributed by atoms with Crippen molar-refractivity contribution in [1.29, 1.82) is 0 Å². The number of thiophene rings is 1. The van der Waals surface area contributed by atoms with E-state index in [1.54, 1.807) is 23.6 Å². The van der Waals surface area contributed by atoms with E-state index in [4.69, 9.17) is 0 Å². The highest BCUT2D eigenvalue weighted by Gasteiger charge is 2.35. The number of piperidine rings is 3. The number of fused-ring (bicyclic) bond motifs is 3. The molecule has 0 radical (unpaired) electrons. The van der Waals surface area contributed by atoms with Gasteiger partial charge in [-0.1, -0.05) is 5.21 Å². The lowest BCUT2D eigenvalue weighted by molar-refractivity contribution is 0.0504. The van der Waals surface area contributed by atoms with E-state index in [-0.39, 0.29) is 0 Å². The Hall–Kier alpha value is -2.12. The van der Waals surface area contributed by atoms with Crippen molar-refractivity contribution in [2.75, 3.05) is 19.6 Å². The zero-order chi connectivity index (χ0) is 16.8. The number of halogens is 1. The second-order valence-electron chi connectivity index (χ2n) is 6.82. The molecular formula is C18H18FN5S. The highest BCUT2D eigenvalue weighted by Crippen LogP contribution is 2.37. The van der Waals surface area contributed by atoms with Gasteiger partial charge in [-0.25, -0.2) is 9.67 Å². The topological polar surface area (TPSA) is 46.8 Å². The molecule has 128 valence electrons. The summed E-state index contributed by atoms with van der Waals surface area (Å²) < 4.78 is 15.0. The number of hydrogen-bond acceptors (Lipinski definition) is 5. The third-order valence-electron chi connectivity index (χ3n) is 5.34. The molecule has 3 saturated heterocycles. The van der Waals surface area contributed by atoms with Crippen molar-refractivity contribution in [2.45, 2.75) is 18.9 Å². The first-order chi connectivity index (χ1) is 12.3. The van der Waals surface area contributed by atoms with Crippen LogP contribution in [0.3, 0.4) is 0 Å². The van der Waals surface area contributed by atoms with Gasteiger partial charge in [-0.05, 0) is 56.1 Å². The molecule has 7 heteroatoms. The van der Waals surface area contributed by atoms with Crippen molar-refractivity contribution < 1.29 is 4.39 Å². The molecule has 2 bridgehead atoms. The Morgan fingerprint density at radius 2 is 1.92 bits per heavy atom. The van der Waals surface area contributed by atoms with E-state index >= 15 is 0 Å². The zero-order valence-electron chi connectivity index (χ0n) is 13.7. The number of nitrogens with zero attached hydrogens (tertiary/aromatic N) is 5. The lowest BCUT2D eigenvalue weighted by Crippen LogP contribution is -2.48. The molecule has 0 aliphatic carbocycles. The average molecular weight is 354 g/mol. The molecule has 1 atom stereocenters. The van der Waals surface area contributed by atoms with Crippen molar-refractivity contribution in [2.24, 2.45) is 5.92 Å². The molecule has 6 rings (SSSR count). The van der Waals surface area contributed by atoms with Gasteiger partial charge in [-0.3, -0.25) is 0 Å². The SMILES string of the molecule is [18F]c1ccc(-c2ccc(-c3cn([C@H]4CN5CCC4CC5)nn3)s2)cn1. The van der Waals surface area contributed by atoms with E-state index in [2.05, 4.69) is 31.1 Å². The number of hydrogen-bond donors (Lipinski definition) is 0. The van der Waals surface area contributed by atoms with Crippen LogP contribution in [0.15, 0.2) is 36.7 Å². The first-order valence-corrected chi connectivity index (χ1v) is 9.44. The fourth-order valence-corrected chi connectivity index (χ4v) is 4.88. The van der Waals surface area contributed by atoms with Gasteiger partial charge < -0.3 is 4.90 Å². The van der Waals surface area contributed by atoms with Gasteiger partial charge in [0.1, 0.15) is 5.69 Å². The molecule has 3 aliphatic heterocycles. The van der Waals surface area contributed by atoms with E-state index in [1.807, 2.05) is 12.1 Å². The average Bonchev–Trinajstić information content (AvgIpc) is 3.33. The Labute approximate surface area is 149 Å². The quantitative estimate of drug-likeness (QED) is 0.676. The van der Waals surface area contributed by atoms with E-state index < -0.39 is 5.95 Å². The van der Waals surface area contributed by atoms with Gasteiger partial charge in [0, 0.05) is 23.2 Å². The Bertz CT molecular complexity index is 879. The monoisotopic (exact) mass is 354 g/mol. The summed E-state index contributed by atoms with van der Waals surface area (Å²) in [4.78, 5) is 8.38. The predicted octanol–water partition coefficient (Wildman–Crippen LogP) is 3.47. The molecule has 6 heterocycles. The Morgan fingerprint density at radius 3 is 2.64 bits per heavy atom. The highest BCUT2D eigenvalue weighted by molar-refractivity contribution is 7.18. The Kier molecular flexibility index (Phi) is 3.64. The van der Waals surface area contributed by atoms with Crippen LogP contribution < -0.4 is 0 Å². The smallest absolute Gasteiger partial charge is 0.212 e. The van der Waals surface area contributed by atoms with Gasteiger partial charge in [-0.15, -0.1) is 16.4 Å². The van der Waals surface area contributed by atoms with Gasteiger partial charge in [-0.2, -0.15) is 4.39 Å². The van der Waals surface area contributed by atoms with Crippen LogP contribution in [0.25, 0.3) is 21.0 Å². The van der Waals surface area contributed by atoms with Gasteiger partial charge in [0.2, 0.25) is 5.95 Å².